The van der Waals surface area contributed by atoms with E-state index in [0.717, 1.165) is 42.8 Å². The van der Waals surface area contributed by atoms with E-state index in [9.17, 15) is 9.59 Å². The van der Waals surface area contributed by atoms with E-state index in [4.69, 9.17) is 0 Å². The Morgan fingerprint density at radius 2 is 1.82 bits per heavy atom. The van der Waals surface area contributed by atoms with Crippen molar-refractivity contribution in [1.29, 1.82) is 0 Å². The van der Waals surface area contributed by atoms with E-state index in [-0.39, 0.29) is 0 Å². The fourth-order valence-corrected chi connectivity index (χ4v) is 2.22. The lowest BCUT2D eigenvalue weighted by atomic mass is 10.1. The van der Waals surface area contributed by atoms with Gasteiger partial charge >= 0.3 is 11.8 Å². The molecule has 0 bridgehead atoms. The van der Waals surface area contributed by atoms with E-state index < -0.39 is 11.8 Å². The number of hydrazone groups is 1. The second kappa shape index (κ2) is 7.17. The van der Waals surface area contributed by atoms with Crippen molar-refractivity contribution in [2.45, 2.75) is 26.7 Å². The highest BCUT2D eigenvalue weighted by Gasteiger charge is 2.16. The summed E-state index contributed by atoms with van der Waals surface area (Å²) in [4.78, 5) is 25.9. The normalized spacial score (nSPS) is 15.3. The lowest BCUT2D eigenvalue weighted by molar-refractivity contribution is -0.136. The third-order valence-corrected chi connectivity index (χ3v) is 3.73. The number of hydrogen-bond acceptors (Lipinski definition) is 4. The van der Waals surface area contributed by atoms with Crippen LogP contribution in [0.15, 0.2) is 23.3 Å². The van der Waals surface area contributed by atoms with E-state index in [1.165, 1.54) is 0 Å². The molecule has 1 fully saturated rings. The van der Waals surface area contributed by atoms with E-state index >= 15 is 0 Å². The van der Waals surface area contributed by atoms with Gasteiger partial charge in [-0.2, -0.15) is 5.10 Å². The van der Waals surface area contributed by atoms with Crippen molar-refractivity contribution >= 4 is 23.2 Å². The van der Waals surface area contributed by atoms with Gasteiger partial charge in [0.25, 0.3) is 0 Å². The van der Waals surface area contributed by atoms with Crippen molar-refractivity contribution in [2.24, 2.45) is 5.10 Å². The summed E-state index contributed by atoms with van der Waals surface area (Å²) in [6, 6.07) is 5.70. The van der Waals surface area contributed by atoms with Crippen LogP contribution < -0.4 is 10.7 Å². The van der Waals surface area contributed by atoms with Gasteiger partial charge in [0.1, 0.15) is 0 Å². The molecule has 6 heteroatoms. The molecule has 0 spiro atoms. The highest BCUT2D eigenvalue weighted by molar-refractivity contribution is 6.39. The molecular formula is C16H22N4O2. The number of piperidine rings is 1. The summed E-state index contributed by atoms with van der Waals surface area (Å²) in [5, 5.41) is 6.67. The number of benzene rings is 1. The molecule has 1 aromatic rings. The van der Waals surface area contributed by atoms with Gasteiger partial charge in [0, 0.05) is 37.3 Å². The number of nitrogens with zero attached hydrogens (tertiary/aromatic N) is 2. The van der Waals surface area contributed by atoms with Gasteiger partial charge in [-0.3, -0.25) is 9.59 Å². The Morgan fingerprint density at radius 1 is 1.14 bits per heavy atom. The van der Waals surface area contributed by atoms with Gasteiger partial charge < -0.3 is 10.2 Å². The maximum atomic E-state index is 11.9. The van der Waals surface area contributed by atoms with Gasteiger partial charge in [-0.1, -0.05) is 12.1 Å². The predicted molar refractivity (Wildman–Crippen MR) is 86.9 cm³/mol. The molecule has 2 N–H and O–H groups in total. The molecule has 22 heavy (non-hydrogen) atoms. The van der Waals surface area contributed by atoms with Crippen molar-refractivity contribution in [3.05, 3.63) is 29.3 Å². The highest BCUT2D eigenvalue weighted by Crippen LogP contribution is 2.16. The number of anilines is 1. The van der Waals surface area contributed by atoms with Crippen molar-refractivity contribution in [3.63, 3.8) is 0 Å². The first-order valence-electron chi connectivity index (χ1n) is 7.38. The number of carbonyl (C=O) groups is 2. The zero-order chi connectivity index (χ0) is 16.1. The number of aryl methyl sites for hydroxylation is 2. The maximum Gasteiger partial charge on any atom is 0.329 e. The van der Waals surface area contributed by atoms with Crippen molar-refractivity contribution in [2.75, 3.05) is 25.5 Å². The average Bonchev–Trinajstić information content (AvgIpc) is 2.50. The summed E-state index contributed by atoms with van der Waals surface area (Å²) in [6.45, 7) is 5.65. The van der Waals surface area contributed by atoms with Gasteiger partial charge in [-0.05, 0) is 38.1 Å². The quantitative estimate of drug-likeness (QED) is 0.641. The van der Waals surface area contributed by atoms with Gasteiger partial charge in [-0.25, -0.2) is 5.43 Å². The van der Waals surface area contributed by atoms with Gasteiger partial charge in [0.15, 0.2) is 0 Å². The molecule has 1 saturated heterocycles. The minimum atomic E-state index is -0.743. The van der Waals surface area contributed by atoms with Crippen LogP contribution in [0.2, 0.25) is 0 Å². The second-order valence-corrected chi connectivity index (χ2v) is 5.69. The summed E-state index contributed by atoms with van der Waals surface area (Å²) < 4.78 is 0. The summed E-state index contributed by atoms with van der Waals surface area (Å²) in [7, 11) is 2.05. The summed E-state index contributed by atoms with van der Waals surface area (Å²) in [5.41, 5.74) is 5.84. The second-order valence-electron chi connectivity index (χ2n) is 5.69. The van der Waals surface area contributed by atoms with Crippen LogP contribution in [-0.2, 0) is 9.59 Å². The van der Waals surface area contributed by atoms with Crippen LogP contribution in [0.25, 0.3) is 0 Å². The third-order valence-electron chi connectivity index (χ3n) is 3.73. The summed E-state index contributed by atoms with van der Waals surface area (Å²) in [6.07, 6.45) is 1.63. The fourth-order valence-electron chi connectivity index (χ4n) is 2.22. The number of amides is 2. The first-order valence-corrected chi connectivity index (χ1v) is 7.38. The Labute approximate surface area is 130 Å². The van der Waals surface area contributed by atoms with Gasteiger partial charge in [0.05, 0.1) is 0 Å². The first-order chi connectivity index (χ1) is 10.5. The minimum Gasteiger partial charge on any atom is -0.317 e. The van der Waals surface area contributed by atoms with E-state index in [1.807, 2.05) is 39.1 Å². The van der Waals surface area contributed by atoms with E-state index in [2.05, 4.69) is 20.7 Å². The van der Waals surface area contributed by atoms with Crippen LogP contribution in [0.5, 0.6) is 0 Å². The van der Waals surface area contributed by atoms with Crippen LogP contribution in [0.4, 0.5) is 5.69 Å². The number of carbonyl (C=O) groups excluding carboxylic acids is 2. The Bertz CT molecular complexity index is 600. The Hall–Kier alpha value is -2.21. The lowest BCUT2D eigenvalue weighted by Crippen LogP contribution is -2.35. The van der Waals surface area contributed by atoms with Crippen LogP contribution >= 0.6 is 0 Å². The van der Waals surface area contributed by atoms with Gasteiger partial charge in [0.2, 0.25) is 0 Å². The SMILES string of the molecule is Cc1ccc(C)c(NC(=O)C(=O)NN=C2CCN(C)CC2)c1. The van der Waals surface area contributed by atoms with Crippen LogP contribution in [-0.4, -0.2) is 42.6 Å². The minimum absolute atomic E-state index is 0.645. The largest absolute Gasteiger partial charge is 0.329 e. The molecule has 2 rings (SSSR count). The first kappa shape index (κ1) is 16.2. The molecule has 0 aromatic heterocycles. The summed E-state index contributed by atoms with van der Waals surface area (Å²) in [5.74, 6) is -1.45. The number of rotatable bonds is 2. The number of nitrogens with one attached hydrogen (secondary N) is 2. The van der Waals surface area contributed by atoms with Gasteiger partial charge in [-0.15, -0.1) is 0 Å². The van der Waals surface area contributed by atoms with Crippen LogP contribution in [0.3, 0.4) is 0 Å². The molecule has 1 aliphatic heterocycles. The van der Waals surface area contributed by atoms with Crippen molar-refractivity contribution in [3.8, 4) is 0 Å². The van der Waals surface area contributed by atoms with Crippen LogP contribution in [0.1, 0.15) is 24.0 Å². The maximum absolute atomic E-state index is 11.9. The Balaban J connectivity index is 1.91. The average molecular weight is 302 g/mol. The molecule has 1 aromatic carbocycles. The number of hydrogen-bond donors (Lipinski definition) is 2. The third kappa shape index (κ3) is 4.39. The topological polar surface area (TPSA) is 73.8 Å². The molecule has 1 heterocycles. The summed E-state index contributed by atoms with van der Waals surface area (Å²) >= 11 is 0. The van der Waals surface area contributed by atoms with E-state index in [0.29, 0.717) is 5.69 Å². The molecule has 0 aliphatic carbocycles. The predicted octanol–water partition coefficient (Wildman–Crippen LogP) is 1.44. The molecule has 118 valence electrons. The van der Waals surface area contributed by atoms with Crippen LogP contribution in [0, 0.1) is 13.8 Å². The zero-order valence-electron chi connectivity index (χ0n) is 13.3. The molecule has 1 aliphatic rings. The molecule has 0 atom stereocenters. The highest BCUT2D eigenvalue weighted by atomic mass is 16.2. The van der Waals surface area contributed by atoms with Crippen molar-refractivity contribution in [1.82, 2.24) is 10.3 Å². The molecule has 6 nitrogen and oxygen atoms in total. The Morgan fingerprint density at radius 3 is 2.50 bits per heavy atom. The van der Waals surface area contributed by atoms with E-state index in [1.54, 1.807) is 0 Å². The Kier molecular flexibility index (Phi) is 5.27. The molecule has 0 saturated carbocycles. The molecule has 2 amide bonds. The molecule has 0 radical (unpaired) electrons. The van der Waals surface area contributed by atoms with Crippen molar-refractivity contribution < 1.29 is 9.59 Å². The number of likely N-dealkylation sites (tertiary alicyclic amines) is 1. The standard InChI is InChI=1S/C16H22N4O2/c1-11-4-5-12(2)14(10-11)17-15(21)16(22)19-18-13-6-8-20(3)9-7-13/h4-5,10H,6-9H2,1-3H3,(H,17,21)(H,19,22). The monoisotopic (exact) mass is 302 g/mol. The molecule has 0 unspecified atom stereocenters. The fraction of sp³-hybridized carbons (Fsp3) is 0.438. The zero-order valence-corrected chi connectivity index (χ0v) is 13.3. The smallest absolute Gasteiger partial charge is 0.317 e. The molecular weight excluding hydrogens is 280 g/mol. The lowest BCUT2D eigenvalue weighted by Gasteiger charge is -2.22.